The first-order valence-corrected chi connectivity index (χ1v) is 29.6. The molecule has 0 amide bonds. The van der Waals surface area contributed by atoms with Crippen LogP contribution in [0.15, 0.2) is 218 Å². The van der Waals surface area contributed by atoms with Gasteiger partial charge in [-0.25, -0.2) is 18.7 Å². The fraction of sp³-hybridized carbons (Fsp3) is 0.0725. The molecule has 0 saturated carbocycles. The van der Waals surface area contributed by atoms with Gasteiger partial charge in [0.05, 0.1) is 95.0 Å². The number of benzene rings is 8. The van der Waals surface area contributed by atoms with Gasteiger partial charge in [-0.3, -0.25) is 59.5 Å². The Morgan fingerprint density at radius 2 is 0.742 bits per heavy atom. The van der Waals surface area contributed by atoms with Crippen LogP contribution in [0, 0.1) is 27.7 Å². The van der Waals surface area contributed by atoms with E-state index in [1.54, 1.807) is 46.3 Å². The minimum Gasteiger partial charge on any atom is -0.392 e. The summed E-state index contributed by atoms with van der Waals surface area (Å²) < 4.78 is 7.14. The Balaban J connectivity index is 0.000000109. The molecular weight excluding hydrogens is 1230 g/mol. The van der Waals surface area contributed by atoms with Gasteiger partial charge < -0.3 is 5.11 Å². The van der Waals surface area contributed by atoms with Gasteiger partial charge in [-0.1, -0.05) is 116 Å². The molecule has 438 valence electrons. The summed E-state index contributed by atoms with van der Waals surface area (Å²) in [4.78, 5) is 67.9. The summed E-state index contributed by atoms with van der Waals surface area (Å²) >= 11 is 15.6. The van der Waals surface area contributed by atoms with Crippen LogP contribution in [0.2, 0.25) is 10.0 Å². The molecule has 8 aromatic heterocycles. The van der Waals surface area contributed by atoms with Gasteiger partial charge in [-0.05, 0) is 148 Å². The molecule has 0 fully saturated rings. The van der Waals surface area contributed by atoms with Crippen LogP contribution in [-0.2, 0) is 6.61 Å². The van der Waals surface area contributed by atoms with Crippen LogP contribution in [0.3, 0.4) is 0 Å². The molecule has 8 aromatic carbocycles. The number of aromatic nitrogens is 12. The van der Waals surface area contributed by atoms with E-state index in [0.717, 1.165) is 121 Å². The van der Waals surface area contributed by atoms with Gasteiger partial charge in [0.25, 0.3) is 22.2 Å². The lowest BCUT2D eigenvalue weighted by atomic mass is 10.1. The molecule has 0 unspecified atom stereocenters. The average Bonchev–Trinajstić information content (AvgIpc) is 1.99. The summed E-state index contributed by atoms with van der Waals surface area (Å²) in [5.41, 5.74) is 14.3. The predicted molar refractivity (Wildman–Crippen MR) is 359 cm³/mol. The topological polar surface area (TPSA) is 223 Å². The number of hydrogen-bond donors (Lipinski definition) is 5. The van der Waals surface area contributed by atoms with Gasteiger partial charge in [0.2, 0.25) is 0 Å². The fourth-order valence-electron chi connectivity index (χ4n) is 10.7. The maximum absolute atomic E-state index is 12.6. The SMILES string of the molecule is Cc1ccc(-n2[nH]c3c(cnc4cc(Br)ccc43)c2=O)cc1.Cc1ccc(-n2[nH]c3c(cnc4cc(CO)ccc43)c2=O)cc1.Cc1ccc(-n2[nH]c3c(cnc4ccc(Cl)cc43)c2=O)cc1.Cc1cccc(-n2[nH]c3c(cnc4ccc(Cl)cc43)c2=O)c1. The second-order valence-corrected chi connectivity index (χ2v) is 23.3. The van der Waals surface area contributed by atoms with Gasteiger partial charge in [-0.2, -0.15) is 0 Å². The summed E-state index contributed by atoms with van der Waals surface area (Å²) in [5, 5.41) is 29.0. The third-order valence-electron chi connectivity index (χ3n) is 15.4. The Bertz CT molecular complexity index is 5690. The third-order valence-corrected chi connectivity index (χ3v) is 16.3. The van der Waals surface area contributed by atoms with Gasteiger partial charge in [-0.15, -0.1) is 0 Å². The van der Waals surface area contributed by atoms with E-state index in [-0.39, 0.29) is 28.8 Å². The number of nitrogens with zero attached hydrogens (tertiary/aromatic N) is 8. The van der Waals surface area contributed by atoms with Gasteiger partial charge in [0.15, 0.2) is 0 Å². The Morgan fingerprint density at radius 3 is 1.15 bits per heavy atom. The van der Waals surface area contributed by atoms with Crippen LogP contribution < -0.4 is 22.2 Å². The Kier molecular flexibility index (Phi) is 15.3. The lowest BCUT2D eigenvalue weighted by molar-refractivity contribution is 0.282. The summed E-state index contributed by atoms with van der Waals surface area (Å²) in [5.74, 6) is 0. The summed E-state index contributed by atoms with van der Waals surface area (Å²) in [6.45, 7) is 8.00. The summed E-state index contributed by atoms with van der Waals surface area (Å²) in [7, 11) is 0. The van der Waals surface area contributed by atoms with Crippen molar-refractivity contribution < 1.29 is 5.11 Å². The molecule has 16 rings (SSSR count). The van der Waals surface area contributed by atoms with Crippen LogP contribution >= 0.6 is 39.1 Å². The molecule has 5 N–H and O–H groups in total. The van der Waals surface area contributed by atoms with Crippen molar-refractivity contribution >= 4 is 126 Å². The van der Waals surface area contributed by atoms with E-state index >= 15 is 0 Å². The van der Waals surface area contributed by atoms with Crippen molar-refractivity contribution in [3.8, 4) is 22.7 Å². The highest BCUT2D eigenvalue weighted by Gasteiger charge is 2.17. The number of rotatable bonds is 5. The lowest BCUT2D eigenvalue weighted by Gasteiger charge is -2.02. The summed E-state index contributed by atoms with van der Waals surface area (Å²) in [6, 6.07) is 53.4. The number of aryl methyl sites for hydroxylation is 4. The van der Waals surface area contributed by atoms with Crippen molar-refractivity contribution in [2.75, 3.05) is 0 Å². The molecule has 17 nitrogen and oxygen atoms in total. The minimum absolute atomic E-state index is 0.0312. The van der Waals surface area contributed by atoms with Crippen LogP contribution in [0.5, 0.6) is 0 Å². The number of aromatic amines is 4. The number of aliphatic hydroxyl groups is 1. The molecule has 20 heteroatoms. The number of hydrogen-bond acceptors (Lipinski definition) is 9. The van der Waals surface area contributed by atoms with E-state index < -0.39 is 0 Å². The minimum atomic E-state index is -0.121. The van der Waals surface area contributed by atoms with Gasteiger partial charge in [0.1, 0.15) is 0 Å². The molecule has 0 atom stereocenters. The van der Waals surface area contributed by atoms with E-state index in [1.165, 1.54) is 9.36 Å². The van der Waals surface area contributed by atoms with E-state index in [4.69, 9.17) is 23.2 Å². The molecule has 8 heterocycles. The van der Waals surface area contributed by atoms with Gasteiger partial charge in [0, 0.05) is 60.9 Å². The van der Waals surface area contributed by atoms with Crippen LogP contribution in [-0.4, -0.2) is 64.2 Å². The monoisotopic (exact) mass is 1280 g/mol. The first-order valence-electron chi connectivity index (χ1n) is 28.1. The second-order valence-electron chi connectivity index (χ2n) is 21.5. The smallest absolute Gasteiger partial charge is 0.280 e. The average molecular weight is 1280 g/mol. The third kappa shape index (κ3) is 11.1. The standard InChI is InChI=1S/C18H15N3O2.C17H12BrN3O.2C17H12ClN3O/c1-11-2-5-13(6-3-11)21-18(23)15-9-19-16-8-12(10-22)4-7-14(16)17(15)20-21;1-10-2-5-12(6-3-10)21-17(22)14-9-19-15-8-11(18)4-7-13(15)16(14)20-21;1-10-2-5-12(6-3-10)21-17(22)14-9-19-15-7-4-11(18)8-13(15)16(14)20-21;1-10-3-2-4-12(7-10)21-17(22)14-9-19-15-6-5-11(18)8-13(15)16(14)20-21/h2-9,20,22H,10H2,1H3;3*2-9,20H,1H3. The van der Waals surface area contributed by atoms with Crippen molar-refractivity contribution in [2.45, 2.75) is 34.3 Å². The zero-order chi connectivity index (χ0) is 61.8. The van der Waals surface area contributed by atoms with Crippen molar-refractivity contribution in [2.24, 2.45) is 0 Å². The van der Waals surface area contributed by atoms with Crippen LogP contribution in [0.25, 0.3) is 110 Å². The molecule has 0 aliphatic rings. The van der Waals surface area contributed by atoms with Crippen molar-refractivity contribution in [3.63, 3.8) is 0 Å². The number of fused-ring (bicyclic) bond motifs is 12. The number of nitrogens with one attached hydrogen (secondary N) is 4. The van der Waals surface area contributed by atoms with E-state index in [9.17, 15) is 24.3 Å². The van der Waals surface area contributed by atoms with E-state index in [2.05, 4.69) is 56.3 Å². The van der Waals surface area contributed by atoms with E-state index in [1.807, 2.05) is 185 Å². The highest BCUT2D eigenvalue weighted by molar-refractivity contribution is 9.10. The lowest BCUT2D eigenvalue weighted by Crippen LogP contribution is -2.14. The fourth-order valence-corrected chi connectivity index (χ4v) is 11.4. The maximum atomic E-state index is 12.6. The van der Waals surface area contributed by atoms with Crippen molar-refractivity contribution in [3.05, 3.63) is 278 Å². The molecule has 16 aromatic rings. The molecule has 0 saturated heterocycles. The van der Waals surface area contributed by atoms with Crippen LogP contribution in [0.4, 0.5) is 0 Å². The highest BCUT2D eigenvalue weighted by Crippen LogP contribution is 2.28. The number of pyridine rings is 4. The van der Waals surface area contributed by atoms with Crippen LogP contribution in [0.1, 0.15) is 27.8 Å². The zero-order valence-corrected chi connectivity index (χ0v) is 51.1. The largest absolute Gasteiger partial charge is 0.392 e. The van der Waals surface area contributed by atoms with E-state index in [0.29, 0.717) is 31.6 Å². The molecule has 0 radical (unpaired) electrons. The Morgan fingerprint density at radius 1 is 0.371 bits per heavy atom. The molecular formula is C69H51BrCl2N12O5. The predicted octanol–water partition coefficient (Wildman–Crippen LogP) is 14.3. The molecule has 0 bridgehead atoms. The first kappa shape index (κ1) is 57.6. The molecule has 0 aliphatic carbocycles. The molecule has 89 heavy (non-hydrogen) atoms. The highest BCUT2D eigenvalue weighted by atomic mass is 79.9. The van der Waals surface area contributed by atoms with Crippen molar-refractivity contribution in [1.82, 2.24) is 59.1 Å². The normalized spacial score (nSPS) is 11.4. The molecule has 0 spiro atoms. The Labute approximate surface area is 522 Å². The number of aliphatic hydroxyl groups excluding tert-OH is 1. The first-order chi connectivity index (χ1) is 43.1. The van der Waals surface area contributed by atoms with Gasteiger partial charge >= 0.3 is 0 Å². The molecule has 0 aliphatic heterocycles. The van der Waals surface area contributed by atoms with Crippen molar-refractivity contribution in [1.29, 1.82) is 0 Å². The Hall–Kier alpha value is -10.5. The second kappa shape index (κ2) is 23.6. The number of halogens is 3. The number of H-pyrrole nitrogens is 4. The zero-order valence-electron chi connectivity index (χ0n) is 48.0. The summed E-state index contributed by atoms with van der Waals surface area (Å²) in [6.07, 6.45) is 6.43. The quantitative estimate of drug-likeness (QED) is 0.110. The maximum Gasteiger partial charge on any atom is 0.280 e.